The molecule has 0 bridgehead atoms. The molecular weight excluding hydrogens is 288 g/mol. The fraction of sp³-hybridized carbons (Fsp3) is 0.389. The van der Waals surface area contributed by atoms with Crippen LogP contribution in [0.1, 0.15) is 41.9 Å². The number of rotatable bonds is 7. The van der Waals surface area contributed by atoms with Gasteiger partial charge in [-0.3, -0.25) is 4.79 Å². The standard InChI is InChI=1S/C18H24N4O/c1-13(2)9-10-19-17-8-7-16(21-22-17)18(23)20-12-15-6-4-5-14(3)11-15/h4-8,11,13H,9-10,12H2,1-3H3,(H,19,22)(H,20,23). The summed E-state index contributed by atoms with van der Waals surface area (Å²) in [4.78, 5) is 12.1. The van der Waals surface area contributed by atoms with Gasteiger partial charge < -0.3 is 10.6 Å². The highest BCUT2D eigenvalue weighted by atomic mass is 16.1. The number of carbonyl (C=O) groups excluding carboxylic acids is 1. The molecule has 5 heteroatoms. The van der Waals surface area contributed by atoms with E-state index in [4.69, 9.17) is 0 Å². The molecule has 23 heavy (non-hydrogen) atoms. The lowest BCUT2D eigenvalue weighted by Crippen LogP contribution is -2.24. The third kappa shape index (κ3) is 5.70. The van der Waals surface area contributed by atoms with Crippen LogP contribution < -0.4 is 10.6 Å². The van der Waals surface area contributed by atoms with Crippen LogP contribution in [0.3, 0.4) is 0 Å². The van der Waals surface area contributed by atoms with Crippen LogP contribution in [0.15, 0.2) is 36.4 Å². The van der Waals surface area contributed by atoms with Crippen LogP contribution in [-0.2, 0) is 6.54 Å². The summed E-state index contributed by atoms with van der Waals surface area (Å²) in [6, 6.07) is 11.5. The van der Waals surface area contributed by atoms with Crippen LogP contribution >= 0.6 is 0 Å². The van der Waals surface area contributed by atoms with E-state index in [0.717, 1.165) is 18.5 Å². The number of amides is 1. The maximum absolute atomic E-state index is 12.1. The molecule has 0 atom stereocenters. The second kappa shape index (κ2) is 8.27. The van der Waals surface area contributed by atoms with Crippen molar-refractivity contribution in [1.29, 1.82) is 0 Å². The summed E-state index contributed by atoms with van der Waals surface area (Å²) in [6.45, 7) is 7.72. The van der Waals surface area contributed by atoms with Gasteiger partial charge in [0.25, 0.3) is 5.91 Å². The Hall–Kier alpha value is -2.43. The average Bonchev–Trinajstić information content (AvgIpc) is 2.53. The van der Waals surface area contributed by atoms with Crippen LogP contribution in [0.25, 0.3) is 0 Å². The van der Waals surface area contributed by atoms with Crippen molar-refractivity contribution in [2.75, 3.05) is 11.9 Å². The lowest BCUT2D eigenvalue weighted by atomic mass is 10.1. The van der Waals surface area contributed by atoms with Crippen molar-refractivity contribution in [2.24, 2.45) is 5.92 Å². The number of carbonyl (C=O) groups is 1. The van der Waals surface area contributed by atoms with E-state index in [1.54, 1.807) is 12.1 Å². The summed E-state index contributed by atoms with van der Waals surface area (Å²) in [5.74, 6) is 1.12. The Labute approximate surface area is 137 Å². The van der Waals surface area contributed by atoms with Crippen LogP contribution in [0.5, 0.6) is 0 Å². The Balaban J connectivity index is 1.85. The lowest BCUT2D eigenvalue weighted by molar-refractivity contribution is 0.0945. The minimum absolute atomic E-state index is 0.215. The first-order valence-corrected chi connectivity index (χ1v) is 7.96. The van der Waals surface area contributed by atoms with E-state index in [1.807, 2.05) is 31.2 Å². The molecule has 0 unspecified atom stereocenters. The van der Waals surface area contributed by atoms with E-state index in [1.165, 1.54) is 5.56 Å². The zero-order valence-electron chi connectivity index (χ0n) is 14.0. The van der Waals surface area contributed by atoms with Crippen LogP contribution in [0.2, 0.25) is 0 Å². The van der Waals surface area contributed by atoms with Gasteiger partial charge in [-0.15, -0.1) is 10.2 Å². The van der Waals surface area contributed by atoms with Gasteiger partial charge in [-0.1, -0.05) is 43.7 Å². The second-order valence-corrected chi connectivity index (χ2v) is 6.08. The molecule has 1 heterocycles. The topological polar surface area (TPSA) is 66.9 Å². The fourth-order valence-corrected chi connectivity index (χ4v) is 2.13. The molecule has 0 fully saturated rings. The highest BCUT2D eigenvalue weighted by Crippen LogP contribution is 2.06. The van der Waals surface area contributed by atoms with Gasteiger partial charge in [0.05, 0.1) is 0 Å². The number of benzene rings is 1. The van der Waals surface area contributed by atoms with Gasteiger partial charge >= 0.3 is 0 Å². The van der Waals surface area contributed by atoms with Gasteiger partial charge in [-0.25, -0.2) is 0 Å². The minimum atomic E-state index is -0.215. The molecule has 0 spiro atoms. The number of aryl methyl sites for hydroxylation is 1. The number of anilines is 1. The van der Waals surface area contributed by atoms with Crippen LogP contribution in [0.4, 0.5) is 5.82 Å². The van der Waals surface area contributed by atoms with E-state index < -0.39 is 0 Å². The molecule has 0 aliphatic carbocycles. The van der Waals surface area contributed by atoms with Crippen molar-refractivity contribution >= 4 is 11.7 Å². The second-order valence-electron chi connectivity index (χ2n) is 6.08. The molecule has 1 aromatic heterocycles. The molecular formula is C18H24N4O. The summed E-state index contributed by atoms with van der Waals surface area (Å²) in [5, 5.41) is 14.1. The van der Waals surface area contributed by atoms with Gasteiger partial charge in [0.1, 0.15) is 5.82 Å². The SMILES string of the molecule is Cc1cccc(CNC(=O)c2ccc(NCCC(C)C)nn2)c1. The maximum atomic E-state index is 12.1. The number of hydrogen-bond donors (Lipinski definition) is 2. The maximum Gasteiger partial charge on any atom is 0.272 e. The van der Waals surface area contributed by atoms with Gasteiger partial charge in [0, 0.05) is 13.1 Å². The zero-order valence-corrected chi connectivity index (χ0v) is 14.0. The molecule has 0 saturated heterocycles. The number of nitrogens with zero attached hydrogens (tertiary/aromatic N) is 2. The quantitative estimate of drug-likeness (QED) is 0.824. The highest BCUT2D eigenvalue weighted by molar-refractivity contribution is 5.92. The lowest BCUT2D eigenvalue weighted by Gasteiger charge is -2.08. The summed E-state index contributed by atoms with van der Waals surface area (Å²) in [6.07, 6.45) is 1.07. The summed E-state index contributed by atoms with van der Waals surface area (Å²) >= 11 is 0. The van der Waals surface area contributed by atoms with Gasteiger partial charge in [0.15, 0.2) is 5.69 Å². The first kappa shape index (κ1) is 16.9. The van der Waals surface area contributed by atoms with E-state index in [-0.39, 0.29) is 5.91 Å². The predicted octanol–water partition coefficient (Wildman–Crippen LogP) is 3.17. The van der Waals surface area contributed by atoms with Crippen molar-refractivity contribution in [3.8, 4) is 0 Å². The minimum Gasteiger partial charge on any atom is -0.369 e. The van der Waals surface area contributed by atoms with Crippen molar-refractivity contribution < 1.29 is 4.79 Å². The van der Waals surface area contributed by atoms with Crippen molar-refractivity contribution in [1.82, 2.24) is 15.5 Å². The molecule has 1 aromatic carbocycles. The summed E-state index contributed by atoms with van der Waals surface area (Å²) in [5.41, 5.74) is 2.57. The first-order valence-electron chi connectivity index (χ1n) is 7.96. The Kier molecular flexibility index (Phi) is 6.09. The molecule has 2 N–H and O–H groups in total. The molecule has 0 aliphatic heterocycles. The summed E-state index contributed by atoms with van der Waals surface area (Å²) in [7, 11) is 0. The molecule has 1 amide bonds. The molecule has 0 radical (unpaired) electrons. The highest BCUT2D eigenvalue weighted by Gasteiger charge is 2.08. The zero-order chi connectivity index (χ0) is 16.7. The average molecular weight is 312 g/mol. The van der Waals surface area contributed by atoms with Crippen LogP contribution in [0, 0.1) is 12.8 Å². The predicted molar refractivity (Wildman–Crippen MR) is 92.3 cm³/mol. The molecule has 5 nitrogen and oxygen atoms in total. The largest absolute Gasteiger partial charge is 0.369 e. The normalized spacial score (nSPS) is 10.6. The first-order chi connectivity index (χ1) is 11.0. The third-order valence-electron chi connectivity index (χ3n) is 3.46. The smallest absolute Gasteiger partial charge is 0.272 e. The van der Waals surface area contributed by atoms with Gasteiger partial charge in [-0.05, 0) is 37.0 Å². The molecule has 0 saturated carbocycles. The monoisotopic (exact) mass is 312 g/mol. The number of hydrogen-bond acceptors (Lipinski definition) is 4. The molecule has 2 rings (SSSR count). The van der Waals surface area contributed by atoms with E-state index >= 15 is 0 Å². The number of nitrogens with one attached hydrogen (secondary N) is 2. The molecule has 122 valence electrons. The number of aromatic nitrogens is 2. The Morgan fingerprint density at radius 1 is 1.17 bits per heavy atom. The van der Waals surface area contributed by atoms with Gasteiger partial charge in [0.2, 0.25) is 0 Å². The van der Waals surface area contributed by atoms with Crippen LogP contribution in [-0.4, -0.2) is 22.6 Å². The Morgan fingerprint density at radius 2 is 2.00 bits per heavy atom. The van der Waals surface area contributed by atoms with Gasteiger partial charge in [-0.2, -0.15) is 0 Å². The van der Waals surface area contributed by atoms with Crippen molar-refractivity contribution in [2.45, 2.75) is 33.7 Å². The molecule has 0 aliphatic rings. The fourth-order valence-electron chi connectivity index (χ4n) is 2.13. The van der Waals surface area contributed by atoms with E-state index in [0.29, 0.717) is 24.0 Å². The summed E-state index contributed by atoms with van der Waals surface area (Å²) < 4.78 is 0. The molecule has 2 aromatic rings. The third-order valence-corrected chi connectivity index (χ3v) is 3.46. The van der Waals surface area contributed by atoms with Crippen molar-refractivity contribution in [3.63, 3.8) is 0 Å². The Bertz CT molecular complexity index is 638. The van der Waals surface area contributed by atoms with E-state index in [2.05, 4.69) is 34.7 Å². The van der Waals surface area contributed by atoms with Crippen molar-refractivity contribution in [3.05, 3.63) is 53.2 Å². The van der Waals surface area contributed by atoms with E-state index in [9.17, 15) is 4.79 Å². The Morgan fingerprint density at radius 3 is 2.65 bits per heavy atom.